The van der Waals surface area contributed by atoms with Crippen LogP contribution < -0.4 is 11.1 Å². The number of carbonyl (C=O) groups excluding carboxylic acids is 3. The minimum atomic E-state index is -0.547. The summed E-state index contributed by atoms with van der Waals surface area (Å²) in [7, 11) is 0. The van der Waals surface area contributed by atoms with Crippen molar-refractivity contribution in [2.45, 2.75) is 27.2 Å². The second-order valence-corrected chi connectivity index (χ2v) is 4.22. The predicted molar refractivity (Wildman–Crippen MR) is 68.4 cm³/mol. The summed E-state index contributed by atoms with van der Waals surface area (Å²) in [4.78, 5) is 33.6. The van der Waals surface area contributed by atoms with Crippen LogP contribution in [-0.2, 0) is 9.59 Å². The molecule has 96 valence electrons. The van der Waals surface area contributed by atoms with Crippen molar-refractivity contribution >= 4 is 23.3 Å². The van der Waals surface area contributed by atoms with Crippen LogP contribution in [0.4, 0.5) is 5.69 Å². The Bertz CT molecular complexity index is 521. The van der Waals surface area contributed by atoms with Crippen molar-refractivity contribution in [2.24, 2.45) is 5.73 Å². The van der Waals surface area contributed by atoms with Crippen molar-refractivity contribution in [1.29, 1.82) is 0 Å². The number of aryl methyl sites for hydroxylation is 1. The highest BCUT2D eigenvalue weighted by molar-refractivity contribution is 6.05. The summed E-state index contributed by atoms with van der Waals surface area (Å²) in [6.45, 7) is 4.86. The quantitative estimate of drug-likeness (QED) is 0.787. The Hall–Kier alpha value is -2.17. The van der Waals surface area contributed by atoms with Gasteiger partial charge in [0.1, 0.15) is 5.78 Å². The zero-order valence-electron chi connectivity index (χ0n) is 10.7. The monoisotopic (exact) mass is 248 g/mol. The lowest BCUT2D eigenvalue weighted by atomic mass is 10.0. The van der Waals surface area contributed by atoms with Crippen molar-refractivity contribution in [2.75, 3.05) is 5.32 Å². The molecule has 3 N–H and O–H groups in total. The second-order valence-electron chi connectivity index (χ2n) is 4.22. The van der Waals surface area contributed by atoms with Crippen LogP contribution in [0.1, 0.15) is 34.8 Å². The topological polar surface area (TPSA) is 89.3 Å². The van der Waals surface area contributed by atoms with Crippen LogP contribution in [0.15, 0.2) is 12.1 Å². The molecule has 0 saturated heterocycles. The van der Waals surface area contributed by atoms with E-state index in [0.717, 1.165) is 5.56 Å². The SMILES string of the molecule is CC(=O)CC(=O)Nc1c(C)ccc(C(N)=O)c1C. The molecule has 0 atom stereocenters. The molecule has 0 aromatic heterocycles. The lowest BCUT2D eigenvalue weighted by Crippen LogP contribution is -2.19. The average molecular weight is 248 g/mol. The first-order valence-electron chi connectivity index (χ1n) is 5.52. The van der Waals surface area contributed by atoms with Crippen LogP contribution in [0.5, 0.6) is 0 Å². The van der Waals surface area contributed by atoms with Crippen molar-refractivity contribution < 1.29 is 14.4 Å². The Labute approximate surface area is 105 Å². The Balaban J connectivity index is 3.08. The van der Waals surface area contributed by atoms with Crippen LogP contribution in [-0.4, -0.2) is 17.6 Å². The highest BCUT2D eigenvalue weighted by atomic mass is 16.2. The molecule has 0 fully saturated rings. The highest BCUT2D eigenvalue weighted by Gasteiger charge is 2.14. The Morgan fingerprint density at radius 1 is 1.22 bits per heavy atom. The number of carbonyl (C=O) groups is 3. The number of nitrogens with one attached hydrogen (secondary N) is 1. The third kappa shape index (κ3) is 3.16. The number of rotatable bonds is 4. The predicted octanol–water partition coefficient (Wildman–Crippen LogP) is 1.32. The molecular formula is C13H16N2O3. The summed E-state index contributed by atoms with van der Waals surface area (Å²) in [5.74, 6) is -1.15. The summed E-state index contributed by atoms with van der Waals surface area (Å²) < 4.78 is 0. The first kappa shape index (κ1) is 13.9. The van der Waals surface area contributed by atoms with Gasteiger partial charge in [0.2, 0.25) is 11.8 Å². The molecule has 0 aliphatic rings. The number of amides is 2. The largest absolute Gasteiger partial charge is 0.366 e. The normalized spacial score (nSPS) is 9.94. The maximum Gasteiger partial charge on any atom is 0.249 e. The molecule has 0 heterocycles. The van der Waals surface area contributed by atoms with Crippen molar-refractivity contribution in [3.63, 3.8) is 0 Å². The Morgan fingerprint density at radius 2 is 1.83 bits per heavy atom. The number of ketones is 1. The fourth-order valence-electron chi connectivity index (χ4n) is 1.72. The van der Waals surface area contributed by atoms with Gasteiger partial charge in [-0.25, -0.2) is 0 Å². The summed E-state index contributed by atoms with van der Waals surface area (Å²) in [5, 5.41) is 2.64. The zero-order chi connectivity index (χ0) is 13.9. The van der Waals surface area contributed by atoms with Gasteiger partial charge in [0.05, 0.1) is 6.42 Å². The standard InChI is InChI=1S/C13H16N2O3/c1-7-4-5-10(13(14)18)9(3)12(7)15-11(17)6-8(2)16/h4-5H,6H2,1-3H3,(H2,14,18)(H,15,17). The van der Waals surface area contributed by atoms with Gasteiger partial charge in [0, 0.05) is 11.3 Å². The molecule has 0 unspecified atom stereocenters. The van der Waals surface area contributed by atoms with Crippen LogP contribution in [0, 0.1) is 13.8 Å². The van der Waals surface area contributed by atoms with E-state index >= 15 is 0 Å². The van der Waals surface area contributed by atoms with Gasteiger partial charge in [0.25, 0.3) is 0 Å². The lowest BCUT2D eigenvalue weighted by Gasteiger charge is -2.13. The third-order valence-corrected chi connectivity index (χ3v) is 2.61. The van der Waals surface area contributed by atoms with Gasteiger partial charge in [-0.1, -0.05) is 6.07 Å². The van der Waals surface area contributed by atoms with Crippen molar-refractivity contribution in [3.8, 4) is 0 Å². The van der Waals surface area contributed by atoms with E-state index in [0.29, 0.717) is 16.8 Å². The Morgan fingerprint density at radius 3 is 2.33 bits per heavy atom. The van der Waals surface area contributed by atoms with Gasteiger partial charge >= 0.3 is 0 Å². The van der Waals surface area contributed by atoms with E-state index < -0.39 is 11.8 Å². The molecule has 18 heavy (non-hydrogen) atoms. The van der Waals surface area contributed by atoms with E-state index in [1.165, 1.54) is 6.92 Å². The van der Waals surface area contributed by atoms with E-state index in [1.54, 1.807) is 26.0 Å². The molecule has 0 bridgehead atoms. The van der Waals surface area contributed by atoms with Gasteiger partial charge in [-0.3, -0.25) is 14.4 Å². The van der Waals surface area contributed by atoms with Crippen LogP contribution in [0.3, 0.4) is 0 Å². The smallest absolute Gasteiger partial charge is 0.249 e. The van der Waals surface area contributed by atoms with E-state index in [4.69, 9.17) is 5.73 Å². The van der Waals surface area contributed by atoms with Gasteiger partial charge in [-0.05, 0) is 38.0 Å². The second kappa shape index (κ2) is 5.44. The maximum absolute atomic E-state index is 11.6. The van der Waals surface area contributed by atoms with Gasteiger partial charge in [-0.2, -0.15) is 0 Å². The summed E-state index contributed by atoms with van der Waals surface area (Å²) in [6.07, 6.45) is -0.181. The molecule has 0 aliphatic heterocycles. The Kier molecular flexibility index (Phi) is 4.20. The number of anilines is 1. The van der Waals surface area contributed by atoms with E-state index in [1.807, 2.05) is 0 Å². The molecule has 1 aromatic rings. The van der Waals surface area contributed by atoms with E-state index in [-0.39, 0.29) is 12.2 Å². The molecule has 0 saturated carbocycles. The molecule has 0 radical (unpaired) electrons. The van der Waals surface area contributed by atoms with Gasteiger partial charge in [-0.15, -0.1) is 0 Å². The number of hydrogen-bond donors (Lipinski definition) is 2. The molecule has 5 nitrogen and oxygen atoms in total. The van der Waals surface area contributed by atoms with Gasteiger partial charge < -0.3 is 11.1 Å². The van der Waals surface area contributed by atoms with Crippen molar-refractivity contribution in [1.82, 2.24) is 0 Å². The zero-order valence-corrected chi connectivity index (χ0v) is 10.7. The first-order valence-corrected chi connectivity index (χ1v) is 5.52. The van der Waals surface area contributed by atoms with E-state index in [2.05, 4.69) is 5.32 Å². The molecule has 1 rings (SSSR count). The average Bonchev–Trinajstić information content (AvgIpc) is 2.22. The minimum absolute atomic E-state index is 0.181. The summed E-state index contributed by atoms with van der Waals surface area (Å²) in [5.41, 5.74) is 7.56. The van der Waals surface area contributed by atoms with E-state index in [9.17, 15) is 14.4 Å². The fourth-order valence-corrected chi connectivity index (χ4v) is 1.72. The molecule has 0 aliphatic carbocycles. The maximum atomic E-state index is 11.6. The minimum Gasteiger partial charge on any atom is -0.366 e. The van der Waals surface area contributed by atoms with Crippen LogP contribution >= 0.6 is 0 Å². The number of hydrogen-bond acceptors (Lipinski definition) is 3. The first-order chi connectivity index (χ1) is 8.32. The highest BCUT2D eigenvalue weighted by Crippen LogP contribution is 2.23. The number of primary amides is 1. The summed E-state index contributed by atoms with van der Waals surface area (Å²) in [6, 6.07) is 3.32. The molecular weight excluding hydrogens is 232 g/mol. The van der Waals surface area contributed by atoms with Crippen LogP contribution in [0.2, 0.25) is 0 Å². The van der Waals surface area contributed by atoms with Gasteiger partial charge in [0.15, 0.2) is 0 Å². The molecule has 5 heteroatoms. The fraction of sp³-hybridized carbons (Fsp3) is 0.308. The number of Topliss-reactive ketones (excluding diaryl/α,β-unsaturated/α-hetero) is 1. The molecule has 0 spiro atoms. The third-order valence-electron chi connectivity index (χ3n) is 2.61. The van der Waals surface area contributed by atoms with Crippen molar-refractivity contribution in [3.05, 3.63) is 28.8 Å². The summed E-state index contributed by atoms with van der Waals surface area (Å²) >= 11 is 0. The van der Waals surface area contributed by atoms with Crippen LogP contribution in [0.25, 0.3) is 0 Å². The lowest BCUT2D eigenvalue weighted by molar-refractivity contribution is -0.124. The molecule has 2 amide bonds. The number of benzene rings is 1. The molecule has 1 aromatic carbocycles. The number of nitrogens with two attached hydrogens (primary N) is 1.